The maximum atomic E-state index is 6.25. The Morgan fingerprint density at radius 1 is 0.833 bits per heavy atom. The van der Waals surface area contributed by atoms with E-state index in [4.69, 9.17) is 28.3 Å². The van der Waals surface area contributed by atoms with Crippen LogP contribution in [0.2, 0.25) is 10.0 Å². The second-order valence-electron chi connectivity index (χ2n) is 7.37. The average molecular weight is 432 g/mol. The predicted octanol–water partition coefficient (Wildman–Crippen LogP) is 7.61. The summed E-state index contributed by atoms with van der Waals surface area (Å²) in [6.45, 7) is 2.16. The summed E-state index contributed by atoms with van der Waals surface area (Å²) >= 11 is 12.5. The molecule has 30 heavy (non-hydrogen) atoms. The number of H-pyrrole nitrogens is 1. The number of aromatic nitrogens is 3. The normalized spacial score (nSPS) is 12.4. The van der Waals surface area contributed by atoms with Crippen molar-refractivity contribution in [3.8, 4) is 22.6 Å². The van der Waals surface area contributed by atoms with E-state index in [1.165, 1.54) is 10.9 Å². The van der Waals surface area contributed by atoms with Crippen LogP contribution in [0, 0.1) is 0 Å². The molecule has 1 atom stereocenters. The third kappa shape index (κ3) is 3.51. The van der Waals surface area contributed by atoms with Crippen molar-refractivity contribution < 1.29 is 0 Å². The van der Waals surface area contributed by atoms with Gasteiger partial charge in [-0.3, -0.25) is 4.68 Å². The fraction of sp³-hybridized carbons (Fsp3) is 0.0800. The van der Waals surface area contributed by atoms with E-state index in [-0.39, 0.29) is 6.04 Å². The molecule has 1 N–H and O–H groups in total. The molecule has 0 radical (unpaired) electrons. The molecule has 5 aromatic rings. The van der Waals surface area contributed by atoms with Crippen molar-refractivity contribution in [2.24, 2.45) is 0 Å². The lowest BCUT2D eigenvalue weighted by atomic mass is 10.1. The molecule has 2 heterocycles. The predicted molar refractivity (Wildman–Crippen MR) is 125 cm³/mol. The number of nitrogens with one attached hydrogen (secondary N) is 1. The van der Waals surface area contributed by atoms with Gasteiger partial charge in [0, 0.05) is 26.5 Å². The summed E-state index contributed by atoms with van der Waals surface area (Å²) in [4.78, 5) is 3.53. The van der Waals surface area contributed by atoms with Crippen molar-refractivity contribution in [1.29, 1.82) is 0 Å². The third-order valence-corrected chi connectivity index (χ3v) is 5.79. The van der Waals surface area contributed by atoms with Gasteiger partial charge in [-0.1, -0.05) is 71.7 Å². The van der Waals surface area contributed by atoms with E-state index >= 15 is 0 Å². The van der Waals surface area contributed by atoms with Crippen LogP contribution in [-0.2, 0) is 0 Å². The summed E-state index contributed by atoms with van der Waals surface area (Å²) in [5.74, 6) is 0. The molecular weight excluding hydrogens is 413 g/mol. The van der Waals surface area contributed by atoms with Gasteiger partial charge in [0.1, 0.15) is 0 Å². The Morgan fingerprint density at radius 2 is 1.53 bits per heavy atom. The van der Waals surface area contributed by atoms with Crippen LogP contribution in [-0.4, -0.2) is 14.8 Å². The summed E-state index contributed by atoms with van der Waals surface area (Å²) in [6, 6.07) is 28.5. The summed E-state index contributed by atoms with van der Waals surface area (Å²) in [5, 5.41) is 7.32. The van der Waals surface area contributed by atoms with Crippen LogP contribution in [0.3, 0.4) is 0 Å². The first-order valence-electron chi connectivity index (χ1n) is 9.77. The van der Waals surface area contributed by atoms with Crippen LogP contribution in [0.1, 0.15) is 18.5 Å². The quantitative estimate of drug-likeness (QED) is 0.311. The zero-order valence-corrected chi connectivity index (χ0v) is 17.8. The fourth-order valence-corrected chi connectivity index (χ4v) is 4.34. The fourth-order valence-electron chi connectivity index (χ4n) is 3.82. The Bertz CT molecular complexity index is 1280. The van der Waals surface area contributed by atoms with Gasteiger partial charge in [-0.2, -0.15) is 5.10 Å². The number of benzene rings is 3. The molecule has 0 aliphatic rings. The summed E-state index contributed by atoms with van der Waals surface area (Å²) < 4.78 is 2.06. The Labute approximate surface area is 184 Å². The minimum absolute atomic E-state index is 0.0519. The minimum Gasteiger partial charge on any atom is -0.353 e. The van der Waals surface area contributed by atoms with Crippen molar-refractivity contribution in [3.63, 3.8) is 0 Å². The Morgan fingerprint density at radius 3 is 2.27 bits per heavy atom. The van der Waals surface area contributed by atoms with Crippen molar-refractivity contribution in [2.45, 2.75) is 13.0 Å². The van der Waals surface area contributed by atoms with Crippen molar-refractivity contribution in [1.82, 2.24) is 14.8 Å². The van der Waals surface area contributed by atoms with E-state index in [0.29, 0.717) is 10.0 Å². The van der Waals surface area contributed by atoms with Crippen molar-refractivity contribution >= 4 is 34.1 Å². The Kier molecular flexibility index (Phi) is 4.86. The van der Waals surface area contributed by atoms with Gasteiger partial charge >= 0.3 is 0 Å². The largest absolute Gasteiger partial charge is 0.353 e. The molecule has 0 spiro atoms. The maximum Gasteiger partial charge on any atom is 0.0931 e. The lowest BCUT2D eigenvalue weighted by molar-refractivity contribution is 0.572. The van der Waals surface area contributed by atoms with Crippen LogP contribution in [0.5, 0.6) is 0 Å². The molecule has 0 fully saturated rings. The molecule has 0 saturated heterocycles. The molecule has 0 unspecified atom stereocenters. The van der Waals surface area contributed by atoms with Gasteiger partial charge in [0.15, 0.2) is 0 Å². The highest BCUT2D eigenvalue weighted by molar-refractivity contribution is 6.35. The molecule has 0 bridgehead atoms. The summed E-state index contributed by atoms with van der Waals surface area (Å²) in [7, 11) is 0. The molecule has 2 aromatic heterocycles. The first-order valence-corrected chi connectivity index (χ1v) is 10.5. The zero-order chi connectivity index (χ0) is 20.7. The van der Waals surface area contributed by atoms with E-state index in [2.05, 4.69) is 65.1 Å². The van der Waals surface area contributed by atoms with Crippen LogP contribution >= 0.6 is 23.2 Å². The number of hydrogen-bond donors (Lipinski definition) is 1. The average Bonchev–Trinajstić information content (AvgIpc) is 3.37. The highest BCUT2D eigenvalue weighted by atomic mass is 35.5. The molecule has 148 valence electrons. The summed E-state index contributed by atoms with van der Waals surface area (Å²) in [5.41, 5.74) is 6.04. The number of rotatable bonds is 4. The second kappa shape index (κ2) is 7.67. The van der Waals surface area contributed by atoms with Crippen LogP contribution in [0.25, 0.3) is 33.5 Å². The highest BCUT2D eigenvalue weighted by Gasteiger charge is 2.19. The van der Waals surface area contributed by atoms with Crippen molar-refractivity contribution in [2.75, 3.05) is 0 Å². The third-order valence-electron chi connectivity index (χ3n) is 5.35. The molecule has 0 aliphatic heterocycles. The molecule has 0 aliphatic carbocycles. The van der Waals surface area contributed by atoms with E-state index in [1.807, 2.05) is 30.3 Å². The number of nitrogens with zero attached hydrogens (tertiary/aromatic N) is 2. The molecule has 0 amide bonds. The van der Waals surface area contributed by atoms with Crippen molar-refractivity contribution in [3.05, 3.63) is 101 Å². The molecule has 0 saturated carbocycles. The van der Waals surface area contributed by atoms with Gasteiger partial charge in [-0.05, 0) is 48.9 Å². The van der Waals surface area contributed by atoms with E-state index in [1.54, 1.807) is 6.07 Å². The first kappa shape index (κ1) is 19.0. The first-order chi connectivity index (χ1) is 14.6. The number of para-hydroxylation sites is 1. The van der Waals surface area contributed by atoms with Crippen LogP contribution in [0.15, 0.2) is 84.9 Å². The molecule has 3 nitrogen and oxygen atoms in total. The van der Waals surface area contributed by atoms with Gasteiger partial charge in [-0.15, -0.1) is 0 Å². The Balaban J connectivity index is 1.70. The number of aromatic amines is 1. The van der Waals surface area contributed by atoms with Gasteiger partial charge in [-0.25, -0.2) is 0 Å². The van der Waals surface area contributed by atoms with Gasteiger partial charge < -0.3 is 4.98 Å². The topological polar surface area (TPSA) is 33.6 Å². The number of hydrogen-bond acceptors (Lipinski definition) is 1. The second-order valence-corrected chi connectivity index (χ2v) is 8.25. The lowest BCUT2D eigenvalue weighted by Gasteiger charge is -2.15. The number of fused-ring (bicyclic) bond motifs is 1. The zero-order valence-electron chi connectivity index (χ0n) is 16.3. The van der Waals surface area contributed by atoms with Gasteiger partial charge in [0.2, 0.25) is 0 Å². The van der Waals surface area contributed by atoms with Gasteiger partial charge in [0.25, 0.3) is 0 Å². The smallest absolute Gasteiger partial charge is 0.0931 e. The van der Waals surface area contributed by atoms with Gasteiger partial charge in [0.05, 0.1) is 23.1 Å². The lowest BCUT2D eigenvalue weighted by Crippen LogP contribution is -2.10. The van der Waals surface area contributed by atoms with Crippen LogP contribution < -0.4 is 0 Å². The number of halogens is 2. The summed E-state index contributed by atoms with van der Waals surface area (Å²) in [6.07, 6.45) is 0. The van der Waals surface area contributed by atoms with E-state index in [0.717, 1.165) is 28.2 Å². The minimum atomic E-state index is 0.0519. The molecule has 3 aromatic carbocycles. The molecule has 5 rings (SSSR count). The monoisotopic (exact) mass is 431 g/mol. The van der Waals surface area contributed by atoms with E-state index in [9.17, 15) is 0 Å². The SMILES string of the molecule is C[C@@H](c1ccccc1)n1nc(-c2cc(Cl)cc(Cl)c2)cc1-c1cc2ccccc2[nH]1. The molecular formula is C25H19Cl2N3. The highest BCUT2D eigenvalue weighted by Crippen LogP contribution is 2.34. The Hall–Kier alpha value is -3.01. The standard InChI is InChI=1S/C25H19Cl2N3/c1-16(17-7-3-2-4-8-17)30-25(24-13-18-9-5-6-10-22(18)28-24)15-23(29-30)19-11-20(26)14-21(27)12-19/h2-16,28H,1H3/t16-/m0/s1. The maximum absolute atomic E-state index is 6.25. The van der Waals surface area contributed by atoms with Crippen LogP contribution in [0.4, 0.5) is 0 Å². The van der Waals surface area contributed by atoms with E-state index < -0.39 is 0 Å². The molecule has 5 heteroatoms.